The van der Waals surface area contributed by atoms with Crippen molar-refractivity contribution in [3.8, 4) is 0 Å². The van der Waals surface area contributed by atoms with Crippen LogP contribution in [0.3, 0.4) is 0 Å². The molecule has 1 aliphatic carbocycles. The zero-order chi connectivity index (χ0) is 15.4. The molecule has 0 atom stereocenters. The smallest absolute Gasteiger partial charge is 0.305 e. The zero-order valence-corrected chi connectivity index (χ0v) is 12.5. The minimum atomic E-state index is -0.933. The Morgan fingerprint density at radius 1 is 1.38 bits per heavy atom. The summed E-state index contributed by atoms with van der Waals surface area (Å²) in [6.07, 6.45) is 5.99. The van der Waals surface area contributed by atoms with Crippen molar-refractivity contribution < 1.29 is 14.1 Å². The first-order chi connectivity index (χ1) is 10.0. The maximum absolute atomic E-state index is 13.2. The molecule has 0 unspecified atom stereocenters. The van der Waals surface area contributed by atoms with Crippen molar-refractivity contribution >= 4 is 23.4 Å². The second kappa shape index (κ2) is 6.89. The summed E-state index contributed by atoms with van der Waals surface area (Å²) in [5, 5.41) is 14.2. The summed E-state index contributed by atoms with van der Waals surface area (Å²) in [7, 11) is 0. The Labute approximate surface area is 126 Å². The summed E-state index contributed by atoms with van der Waals surface area (Å²) in [5.74, 6) is -1.32. The van der Waals surface area contributed by atoms with E-state index in [0.717, 1.165) is 37.8 Å². The first kappa shape index (κ1) is 15.8. The molecule has 1 aromatic rings. The fourth-order valence-corrected chi connectivity index (χ4v) is 3.25. The number of halogens is 1. The maximum Gasteiger partial charge on any atom is 0.305 e. The molecule has 5 nitrogen and oxygen atoms in total. The highest BCUT2D eigenvalue weighted by molar-refractivity contribution is 7.99. The van der Waals surface area contributed by atoms with E-state index in [9.17, 15) is 19.3 Å². The van der Waals surface area contributed by atoms with Crippen molar-refractivity contribution in [3.63, 3.8) is 0 Å². The first-order valence-corrected chi connectivity index (χ1v) is 8.07. The monoisotopic (exact) mass is 312 g/mol. The Bertz CT molecular complexity index is 545. The lowest BCUT2D eigenvalue weighted by Crippen LogP contribution is -2.38. The van der Waals surface area contributed by atoms with Crippen molar-refractivity contribution in [2.24, 2.45) is 0 Å². The Morgan fingerprint density at radius 2 is 2.05 bits per heavy atom. The van der Waals surface area contributed by atoms with Crippen molar-refractivity contribution in [1.29, 1.82) is 0 Å². The number of thioether (sulfide) groups is 1. The molecule has 1 fully saturated rings. The molecule has 0 bridgehead atoms. The van der Waals surface area contributed by atoms with Crippen LogP contribution in [0.15, 0.2) is 18.2 Å². The van der Waals surface area contributed by atoms with Gasteiger partial charge in [-0.1, -0.05) is 0 Å². The van der Waals surface area contributed by atoms with E-state index in [1.54, 1.807) is 0 Å². The van der Waals surface area contributed by atoms with Gasteiger partial charge in [0, 0.05) is 22.9 Å². The van der Waals surface area contributed by atoms with Gasteiger partial charge in [-0.25, -0.2) is 0 Å². The Balaban J connectivity index is 2.01. The lowest BCUT2D eigenvalue weighted by molar-refractivity contribution is -0.387. The Kier molecular flexibility index (Phi) is 5.17. The third-order valence-electron chi connectivity index (χ3n) is 3.75. The molecule has 0 heterocycles. The van der Waals surface area contributed by atoms with Crippen LogP contribution in [0.5, 0.6) is 0 Å². The van der Waals surface area contributed by atoms with E-state index in [1.165, 1.54) is 6.07 Å². The molecular formula is C14H17FN2O3S. The molecule has 114 valence electrons. The van der Waals surface area contributed by atoms with Gasteiger partial charge < -0.3 is 5.32 Å². The zero-order valence-electron chi connectivity index (χ0n) is 11.7. The van der Waals surface area contributed by atoms with E-state index in [2.05, 4.69) is 11.6 Å². The topological polar surface area (TPSA) is 72.2 Å². The van der Waals surface area contributed by atoms with Gasteiger partial charge in [-0.3, -0.25) is 14.9 Å². The first-order valence-electron chi connectivity index (χ1n) is 6.79. The van der Waals surface area contributed by atoms with E-state index in [1.807, 2.05) is 11.8 Å². The van der Waals surface area contributed by atoms with E-state index in [-0.39, 0.29) is 17.5 Å². The molecule has 21 heavy (non-hydrogen) atoms. The summed E-state index contributed by atoms with van der Waals surface area (Å²) in [6, 6.07) is 3.30. The number of nitrogens with zero attached hydrogens (tertiary/aromatic N) is 1. The van der Waals surface area contributed by atoms with Crippen molar-refractivity contribution in [3.05, 3.63) is 39.7 Å². The third-order valence-corrected chi connectivity index (χ3v) is 4.89. The second-order valence-electron chi connectivity index (χ2n) is 5.11. The SMILES string of the molecule is CSC1CCC(NC(=O)c2ccc(F)c([N+](=O)[O-])c2)CC1. The summed E-state index contributed by atoms with van der Waals surface area (Å²) >= 11 is 1.84. The minimum Gasteiger partial charge on any atom is -0.349 e. The van der Waals surface area contributed by atoms with Gasteiger partial charge in [0.1, 0.15) is 0 Å². The third kappa shape index (κ3) is 3.93. The predicted molar refractivity (Wildman–Crippen MR) is 80.1 cm³/mol. The summed E-state index contributed by atoms with van der Waals surface area (Å²) in [6.45, 7) is 0. The van der Waals surface area contributed by atoms with Gasteiger partial charge >= 0.3 is 5.69 Å². The van der Waals surface area contributed by atoms with Crippen molar-refractivity contribution in [1.82, 2.24) is 5.32 Å². The quantitative estimate of drug-likeness (QED) is 0.685. The van der Waals surface area contributed by atoms with Crippen LogP contribution in [0.25, 0.3) is 0 Å². The van der Waals surface area contributed by atoms with Crippen molar-refractivity contribution in [2.45, 2.75) is 37.0 Å². The van der Waals surface area contributed by atoms with E-state index in [0.29, 0.717) is 5.25 Å². The van der Waals surface area contributed by atoms with Crippen LogP contribution in [0, 0.1) is 15.9 Å². The highest BCUT2D eigenvalue weighted by atomic mass is 32.2. The van der Waals surface area contributed by atoms with Crippen LogP contribution < -0.4 is 5.32 Å². The van der Waals surface area contributed by atoms with E-state index in [4.69, 9.17) is 0 Å². The number of hydrogen-bond donors (Lipinski definition) is 1. The fraction of sp³-hybridized carbons (Fsp3) is 0.500. The van der Waals surface area contributed by atoms with Crippen LogP contribution in [-0.2, 0) is 0 Å². The van der Waals surface area contributed by atoms with E-state index >= 15 is 0 Å². The van der Waals surface area contributed by atoms with E-state index < -0.39 is 16.4 Å². The predicted octanol–water partition coefficient (Wildman–Crippen LogP) is 3.14. The van der Waals surface area contributed by atoms with Gasteiger partial charge in [-0.15, -0.1) is 0 Å². The number of carbonyl (C=O) groups is 1. The van der Waals surface area contributed by atoms with Gasteiger partial charge in [0.05, 0.1) is 4.92 Å². The van der Waals surface area contributed by atoms with Crippen LogP contribution in [-0.4, -0.2) is 28.4 Å². The number of hydrogen-bond acceptors (Lipinski definition) is 4. The average Bonchev–Trinajstić information content (AvgIpc) is 2.48. The molecule has 2 rings (SSSR count). The molecule has 1 aromatic carbocycles. The number of nitro groups is 1. The van der Waals surface area contributed by atoms with Crippen LogP contribution >= 0.6 is 11.8 Å². The van der Waals surface area contributed by atoms with Crippen LogP contribution in [0.4, 0.5) is 10.1 Å². The minimum absolute atomic E-state index is 0.0880. The molecular weight excluding hydrogens is 295 g/mol. The van der Waals surface area contributed by atoms with Gasteiger partial charge in [0.15, 0.2) is 0 Å². The van der Waals surface area contributed by atoms with Gasteiger partial charge in [-0.05, 0) is 44.1 Å². The van der Waals surface area contributed by atoms with Gasteiger partial charge in [0.25, 0.3) is 5.91 Å². The maximum atomic E-state index is 13.2. The summed E-state index contributed by atoms with van der Waals surface area (Å²) in [5.41, 5.74) is -0.552. The summed E-state index contributed by atoms with van der Waals surface area (Å²) < 4.78 is 13.2. The molecule has 1 saturated carbocycles. The number of rotatable bonds is 4. The number of carbonyl (C=O) groups excluding carboxylic acids is 1. The lowest BCUT2D eigenvalue weighted by atomic mass is 9.94. The van der Waals surface area contributed by atoms with Crippen molar-refractivity contribution in [2.75, 3.05) is 6.26 Å². The molecule has 0 aromatic heterocycles. The molecule has 0 saturated heterocycles. The van der Waals surface area contributed by atoms with Gasteiger partial charge in [-0.2, -0.15) is 16.2 Å². The molecule has 0 aliphatic heterocycles. The Hall–Kier alpha value is -1.63. The number of amides is 1. The lowest BCUT2D eigenvalue weighted by Gasteiger charge is -2.28. The standard InChI is InChI=1S/C14H17FN2O3S/c1-21-11-5-3-10(4-6-11)16-14(18)9-2-7-12(15)13(8-9)17(19)20/h2,7-8,10-11H,3-6H2,1H3,(H,16,18). The second-order valence-corrected chi connectivity index (χ2v) is 6.24. The molecule has 1 amide bonds. The normalized spacial score (nSPS) is 21.8. The molecule has 1 N–H and O–H groups in total. The number of nitro benzene ring substituents is 1. The van der Waals surface area contributed by atoms with Crippen LogP contribution in [0.2, 0.25) is 0 Å². The average molecular weight is 312 g/mol. The molecule has 0 radical (unpaired) electrons. The Morgan fingerprint density at radius 3 is 2.62 bits per heavy atom. The largest absolute Gasteiger partial charge is 0.349 e. The number of nitrogens with one attached hydrogen (secondary N) is 1. The molecule has 1 aliphatic rings. The van der Waals surface area contributed by atoms with Crippen LogP contribution in [0.1, 0.15) is 36.0 Å². The summed E-state index contributed by atoms with van der Waals surface area (Å²) in [4.78, 5) is 22.0. The highest BCUT2D eigenvalue weighted by Crippen LogP contribution is 2.27. The highest BCUT2D eigenvalue weighted by Gasteiger charge is 2.23. The molecule has 7 heteroatoms. The fourth-order valence-electron chi connectivity index (χ4n) is 2.51. The molecule has 0 spiro atoms. The number of benzene rings is 1. The van der Waals surface area contributed by atoms with Gasteiger partial charge in [0.2, 0.25) is 5.82 Å².